The Balaban J connectivity index is 2.78. The van der Waals surface area contributed by atoms with E-state index in [1.807, 2.05) is 6.92 Å². The Hall–Kier alpha value is -1.09. The number of nitrogens with zero attached hydrogens (tertiary/aromatic N) is 1. The molecule has 1 rings (SSSR count). The van der Waals surface area contributed by atoms with E-state index in [0.29, 0.717) is 23.1 Å². The summed E-state index contributed by atoms with van der Waals surface area (Å²) in [6.45, 7) is 5.64. The molecule has 0 heterocycles. The first-order valence-corrected chi connectivity index (χ1v) is 5.45. The minimum atomic E-state index is 0.297. The van der Waals surface area contributed by atoms with Crippen LogP contribution in [0, 0.1) is 5.92 Å². The van der Waals surface area contributed by atoms with Gasteiger partial charge in [-0.05, 0) is 25.8 Å². The van der Waals surface area contributed by atoms with Crippen molar-refractivity contribution in [2.75, 3.05) is 0 Å². The van der Waals surface area contributed by atoms with Crippen molar-refractivity contribution in [1.82, 2.24) is 5.06 Å². The Morgan fingerprint density at radius 1 is 1.40 bits per heavy atom. The van der Waals surface area contributed by atoms with E-state index in [2.05, 4.69) is 6.58 Å². The highest BCUT2D eigenvalue weighted by Gasteiger charge is 2.21. The lowest BCUT2D eigenvalue weighted by atomic mass is 9.86. The van der Waals surface area contributed by atoms with Crippen molar-refractivity contribution < 1.29 is 10.0 Å². The normalized spacial score (nSPS) is 18.7. The lowest BCUT2D eigenvalue weighted by Crippen LogP contribution is -2.24. The highest BCUT2D eigenvalue weighted by molar-refractivity contribution is 5.49. The smallest absolute Gasteiger partial charge is 0.237 e. The van der Waals surface area contributed by atoms with Gasteiger partial charge in [0.15, 0.2) is 0 Å². The molecule has 0 atom stereocenters. The topological polar surface area (TPSA) is 40.5 Å². The van der Waals surface area contributed by atoms with Gasteiger partial charge in [-0.15, -0.1) is 0 Å². The lowest BCUT2D eigenvalue weighted by molar-refractivity contribution is -0.143. The molecule has 1 aliphatic rings. The maximum absolute atomic E-state index is 10.6. The number of hydrogen-bond acceptors (Lipinski definition) is 2. The molecule has 0 radical (unpaired) electrons. The first kappa shape index (κ1) is 12.0. The molecule has 0 spiro atoms. The molecule has 0 unspecified atom stereocenters. The summed E-state index contributed by atoms with van der Waals surface area (Å²) in [5.41, 5.74) is 1.55. The molecule has 0 aromatic heterocycles. The number of allylic oxidation sites excluding steroid dienone is 3. The molecule has 84 valence electrons. The van der Waals surface area contributed by atoms with E-state index >= 15 is 0 Å². The third kappa shape index (κ3) is 3.51. The maximum atomic E-state index is 10.6. The zero-order valence-corrected chi connectivity index (χ0v) is 9.28. The van der Waals surface area contributed by atoms with Gasteiger partial charge in [-0.2, -0.15) is 5.06 Å². The van der Waals surface area contributed by atoms with Gasteiger partial charge in [-0.1, -0.05) is 31.4 Å². The van der Waals surface area contributed by atoms with Gasteiger partial charge in [0.05, 0.1) is 5.70 Å². The monoisotopic (exact) mass is 209 g/mol. The average molecular weight is 209 g/mol. The third-order valence-electron chi connectivity index (χ3n) is 2.78. The largest absolute Gasteiger partial charge is 0.281 e. The van der Waals surface area contributed by atoms with E-state index in [0.717, 1.165) is 18.4 Å². The van der Waals surface area contributed by atoms with Crippen LogP contribution in [-0.4, -0.2) is 16.7 Å². The summed E-state index contributed by atoms with van der Waals surface area (Å²) in [6, 6.07) is 0. The molecule has 3 nitrogen and oxygen atoms in total. The van der Waals surface area contributed by atoms with Gasteiger partial charge in [0.1, 0.15) is 0 Å². The standard InChI is InChI=1S/C12H19NO2/c1-10(2)8-12(13(15)9-14)11-6-4-3-5-7-11/h8-9,11,15H,1,3-7H2,2H3/b12-8-. The van der Waals surface area contributed by atoms with Gasteiger partial charge in [0.2, 0.25) is 6.41 Å². The fourth-order valence-electron chi connectivity index (χ4n) is 2.08. The van der Waals surface area contributed by atoms with Gasteiger partial charge >= 0.3 is 0 Å². The van der Waals surface area contributed by atoms with E-state index < -0.39 is 0 Å². The van der Waals surface area contributed by atoms with Crippen molar-refractivity contribution >= 4 is 6.41 Å². The summed E-state index contributed by atoms with van der Waals surface area (Å²) in [4.78, 5) is 10.6. The van der Waals surface area contributed by atoms with Crippen LogP contribution in [0.15, 0.2) is 23.9 Å². The maximum Gasteiger partial charge on any atom is 0.237 e. The Morgan fingerprint density at radius 3 is 2.47 bits per heavy atom. The van der Waals surface area contributed by atoms with Crippen LogP contribution in [0.3, 0.4) is 0 Å². The van der Waals surface area contributed by atoms with Crippen molar-refractivity contribution in [1.29, 1.82) is 0 Å². The molecule has 3 heteroatoms. The minimum Gasteiger partial charge on any atom is -0.281 e. The van der Waals surface area contributed by atoms with E-state index in [1.165, 1.54) is 19.3 Å². The average Bonchev–Trinajstić information content (AvgIpc) is 2.26. The van der Waals surface area contributed by atoms with Crippen LogP contribution >= 0.6 is 0 Å². The number of carbonyl (C=O) groups excluding carboxylic acids is 1. The van der Waals surface area contributed by atoms with Gasteiger partial charge in [-0.3, -0.25) is 10.0 Å². The van der Waals surface area contributed by atoms with Crippen molar-refractivity contribution in [3.8, 4) is 0 Å². The molecule has 1 fully saturated rings. The van der Waals surface area contributed by atoms with Gasteiger partial charge < -0.3 is 0 Å². The fourth-order valence-corrected chi connectivity index (χ4v) is 2.08. The van der Waals surface area contributed by atoms with Crippen LogP contribution in [0.4, 0.5) is 0 Å². The molecule has 0 saturated heterocycles. The SMILES string of the molecule is C=C(C)/C=C(/C1CCCCC1)N(O)C=O. The van der Waals surface area contributed by atoms with Crippen LogP contribution in [0.2, 0.25) is 0 Å². The Kier molecular flexibility index (Phi) is 4.56. The Labute approximate surface area is 91.0 Å². The number of rotatable bonds is 4. The zero-order valence-electron chi connectivity index (χ0n) is 9.28. The van der Waals surface area contributed by atoms with Gasteiger partial charge in [0.25, 0.3) is 0 Å². The predicted molar refractivity (Wildman–Crippen MR) is 59.2 cm³/mol. The highest BCUT2D eigenvalue weighted by Crippen LogP contribution is 2.31. The Bertz CT molecular complexity index is 265. The summed E-state index contributed by atoms with van der Waals surface area (Å²) in [5, 5.41) is 10.2. The van der Waals surface area contributed by atoms with Crippen molar-refractivity contribution in [2.24, 2.45) is 5.92 Å². The third-order valence-corrected chi connectivity index (χ3v) is 2.78. The molecular weight excluding hydrogens is 190 g/mol. The molecule has 0 aromatic rings. The second-order valence-electron chi connectivity index (χ2n) is 4.20. The lowest BCUT2D eigenvalue weighted by Gasteiger charge is -2.27. The molecular formula is C12H19NO2. The van der Waals surface area contributed by atoms with Crippen LogP contribution in [0.1, 0.15) is 39.0 Å². The quantitative estimate of drug-likeness (QED) is 0.335. The van der Waals surface area contributed by atoms with Gasteiger partial charge in [0, 0.05) is 5.92 Å². The molecule has 0 bridgehead atoms. The van der Waals surface area contributed by atoms with Gasteiger partial charge in [-0.25, -0.2) is 0 Å². The first-order valence-electron chi connectivity index (χ1n) is 5.45. The molecule has 0 aromatic carbocycles. The second-order valence-corrected chi connectivity index (χ2v) is 4.20. The van der Waals surface area contributed by atoms with E-state index in [-0.39, 0.29) is 0 Å². The van der Waals surface area contributed by atoms with Crippen molar-refractivity contribution in [3.63, 3.8) is 0 Å². The number of amides is 1. The molecule has 1 aliphatic carbocycles. The molecule has 0 aliphatic heterocycles. The number of hydroxylamine groups is 2. The van der Waals surface area contributed by atoms with Crippen LogP contribution in [0.5, 0.6) is 0 Å². The van der Waals surface area contributed by atoms with Crippen LogP contribution in [-0.2, 0) is 4.79 Å². The summed E-state index contributed by atoms with van der Waals surface area (Å²) in [5.74, 6) is 0.297. The van der Waals surface area contributed by atoms with E-state index in [4.69, 9.17) is 0 Å². The zero-order chi connectivity index (χ0) is 11.3. The molecule has 1 N–H and O–H groups in total. The van der Waals surface area contributed by atoms with Crippen molar-refractivity contribution in [3.05, 3.63) is 23.9 Å². The van der Waals surface area contributed by atoms with E-state index in [9.17, 15) is 10.0 Å². The van der Waals surface area contributed by atoms with Crippen LogP contribution in [0.25, 0.3) is 0 Å². The Morgan fingerprint density at radius 2 is 2.00 bits per heavy atom. The molecule has 1 saturated carbocycles. The highest BCUT2D eigenvalue weighted by atomic mass is 16.5. The first-order chi connectivity index (χ1) is 7.15. The summed E-state index contributed by atoms with van der Waals surface area (Å²) in [6.07, 6.45) is 7.93. The fraction of sp³-hybridized carbons (Fsp3) is 0.583. The predicted octanol–water partition coefficient (Wildman–Crippen LogP) is 2.87. The van der Waals surface area contributed by atoms with E-state index in [1.54, 1.807) is 6.08 Å². The molecule has 1 amide bonds. The minimum absolute atomic E-state index is 0.297. The number of hydrogen-bond donors (Lipinski definition) is 1. The summed E-state index contributed by atoms with van der Waals surface area (Å²) >= 11 is 0. The van der Waals surface area contributed by atoms with Crippen molar-refractivity contribution in [2.45, 2.75) is 39.0 Å². The van der Waals surface area contributed by atoms with Crippen LogP contribution < -0.4 is 0 Å². The summed E-state index contributed by atoms with van der Waals surface area (Å²) in [7, 11) is 0. The second kappa shape index (κ2) is 5.71. The summed E-state index contributed by atoms with van der Waals surface area (Å²) < 4.78 is 0. The molecule has 15 heavy (non-hydrogen) atoms. The number of carbonyl (C=O) groups is 1.